The summed E-state index contributed by atoms with van der Waals surface area (Å²) in [6.45, 7) is 1.25. The zero-order chi connectivity index (χ0) is 21.8. The molecule has 0 unspecified atom stereocenters. The number of amides is 1. The Bertz CT molecular complexity index is 1230. The van der Waals surface area contributed by atoms with E-state index in [1.807, 2.05) is 12.1 Å². The van der Waals surface area contributed by atoms with Crippen molar-refractivity contribution in [1.82, 2.24) is 5.32 Å². The zero-order valence-electron chi connectivity index (χ0n) is 16.3. The van der Waals surface area contributed by atoms with Gasteiger partial charge in [0.1, 0.15) is 13.2 Å². The molecule has 0 spiro atoms. The molecule has 0 radical (unpaired) electrons. The van der Waals surface area contributed by atoms with Gasteiger partial charge in [0.05, 0.1) is 10.6 Å². The predicted octanol–water partition coefficient (Wildman–Crippen LogP) is 3.84. The van der Waals surface area contributed by atoms with Crippen LogP contribution in [0.2, 0.25) is 5.02 Å². The Morgan fingerprint density at radius 3 is 2.52 bits per heavy atom. The molecule has 0 bridgehead atoms. The largest absolute Gasteiger partial charge is 0.486 e. The van der Waals surface area contributed by atoms with Crippen LogP contribution >= 0.6 is 11.6 Å². The molecule has 9 heteroatoms. The molecule has 0 fully saturated rings. The third-order valence-electron chi connectivity index (χ3n) is 4.54. The first-order valence-corrected chi connectivity index (χ1v) is 11.3. The SMILES string of the molecule is O=C(NCc1ccc2c(c1)OCCO2)c1cccc(S(=O)(=O)Nc2cccc(Cl)c2)c1. The summed E-state index contributed by atoms with van der Waals surface area (Å²) in [6.07, 6.45) is 0. The lowest BCUT2D eigenvalue weighted by Crippen LogP contribution is -2.23. The number of hydrogen-bond acceptors (Lipinski definition) is 5. The second-order valence-electron chi connectivity index (χ2n) is 6.80. The standard InChI is InChI=1S/C22H19ClN2O5S/c23-17-4-2-5-18(13-17)25-31(27,28)19-6-1-3-16(12-19)22(26)24-14-15-7-8-20-21(11-15)30-10-9-29-20/h1-8,11-13,25H,9-10,14H2,(H,24,26). The van der Waals surface area contributed by atoms with Crippen molar-refractivity contribution in [1.29, 1.82) is 0 Å². The van der Waals surface area contributed by atoms with Crippen molar-refractivity contribution in [2.24, 2.45) is 0 Å². The fraction of sp³-hybridized carbons (Fsp3) is 0.136. The highest BCUT2D eigenvalue weighted by atomic mass is 35.5. The third-order valence-corrected chi connectivity index (χ3v) is 6.16. The minimum atomic E-state index is -3.88. The van der Waals surface area contributed by atoms with Gasteiger partial charge in [0.15, 0.2) is 11.5 Å². The van der Waals surface area contributed by atoms with E-state index < -0.39 is 15.9 Å². The molecule has 1 aliphatic heterocycles. The van der Waals surface area contributed by atoms with Crippen molar-refractivity contribution in [3.05, 3.63) is 82.9 Å². The number of anilines is 1. The van der Waals surface area contributed by atoms with Crippen LogP contribution in [-0.2, 0) is 16.6 Å². The van der Waals surface area contributed by atoms with Crippen LogP contribution in [0.1, 0.15) is 15.9 Å². The summed E-state index contributed by atoms with van der Waals surface area (Å²) in [5.41, 5.74) is 1.40. The molecule has 0 atom stereocenters. The molecule has 0 saturated carbocycles. The number of fused-ring (bicyclic) bond motifs is 1. The third kappa shape index (κ3) is 5.10. The van der Waals surface area contributed by atoms with E-state index in [1.165, 1.54) is 24.3 Å². The molecule has 1 heterocycles. The van der Waals surface area contributed by atoms with Crippen LogP contribution in [0, 0.1) is 0 Å². The van der Waals surface area contributed by atoms with E-state index in [1.54, 1.807) is 30.3 Å². The summed E-state index contributed by atoms with van der Waals surface area (Å²) < 4.78 is 38.9. The van der Waals surface area contributed by atoms with Gasteiger partial charge in [0.25, 0.3) is 15.9 Å². The first kappa shape index (κ1) is 21.0. The molecule has 1 aliphatic rings. The van der Waals surface area contributed by atoms with Crippen molar-refractivity contribution in [2.75, 3.05) is 17.9 Å². The van der Waals surface area contributed by atoms with Gasteiger partial charge in [-0.05, 0) is 54.1 Å². The monoisotopic (exact) mass is 458 g/mol. The maximum atomic E-state index is 12.7. The second-order valence-corrected chi connectivity index (χ2v) is 8.92. The van der Waals surface area contributed by atoms with Crippen LogP contribution in [0.5, 0.6) is 11.5 Å². The molecule has 1 amide bonds. The molecule has 160 valence electrons. The summed E-state index contributed by atoms with van der Waals surface area (Å²) in [4.78, 5) is 12.6. The normalized spacial score (nSPS) is 12.8. The van der Waals surface area contributed by atoms with Crippen molar-refractivity contribution in [3.63, 3.8) is 0 Å². The molecule has 3 aromatic rings. The molecule has 31 heavy (non-hydrogen) atoms. The highest BCUT2D eigenvalue weighted by molar-refractivity contribution is 7.92. The van der Waals surface area contributed by atoms with Gasteiger partial charge >= 0.3 is 0 Å². The number of ether oxygens (including phenoxy) is 2. The lowest BCUT2D eigenvalue weighted by molar-refractivity contribution is 0.0950. The van der Waals surface area contributed by atoms with Crippen LogP contribution in [0.25, 0.3) is 0 Å². The highest BCUT2D eigenvalue weighted by Crippen LogP contribution is 2.30. The van der Waals surface area contributed by atoms with Crippen LogP contribution in [0.15, 0.2) is 71.6 Å². The van der Waals surface area contributed by atoms with E-state index in [4.69, 9.17) is 21.1 Å². The lowest BCUT2D eigenvalue weighted by atomic mass is 10.1. The number of benzene rings is 3. The van der Waals surface area contributed by atoms with E-state index >= 15 is 0 Å². The van der Waals surface area contributed by atoms with Crippen molar-refractivity contribution < 1.29 is 22.7 Å². The fourth-order valence-corrected chi connectivity index (χ4v) is 4.34. The summed E-state index contributed by atoms with van der Waals surface area (Å²) in [5.74, 6) is 0.916. The summed E-state index contributed by atoms with van der Waals surface area (Å²) >= 11 is 5.91. The van der Waals surface area contributed by atoms with E-state index in [0.717, 1.165) is 5.56 Å². The zero-order valence-corrected chi connectivity index (χ0v) is 17.9. The number of halogens is 1. The Kier molecular flexibility index (Phi) is 6.01. The van der Waals surface area contributed by atoms with Crippen molar-refractivity contribution >= 4 is 33.2 Å². The molecule has 0 aliphatic carbocycles. The van der Waals surface area contributed by atoms with E-state index in [9.17, 15) is 13.2 Å². The molecular weight excluding hydrogens is 440 g/mol. The number of carbonyl (C=O) groups is 1. The van der Waals surface area contributed by atoms with Gasteiger partial charge in [-0.2, -0.15) is 0 Å². The summed E-state index contributed by atoms with van der Waals surface area (Å²) in [7, 11) is -3.88. The number of hydrogen-bond donors (Lipinski definition) is 2. The highest BCUT2D eigenvalue weighted by Gasteiger charge is 2.17. The molecule has 2 N–H and O–H groups in total. The first-order valence-electron chi connectivity index (χ1n) is 9.46. The van der Waals surface area contributed by atoms with E-state index in [0.29, 0.717) is 35.4 Å². The Hall–Kier alpha value is -3.23. The Morgan fingerprint density at radius 2 is 1.71 bits per heavy atom. The van der Waals surface area contributed by atoms with Gasteiger partial charge in [-0.1, -0.05) is 29.8 Å². The minimum absolute atomic E-state index is 0.0283. The van der Waals surface area contributed by atoms with Gasteiger partial charge in [-0.3, -0.25) is 9.52 Å². The average molecular weight is 459 g/mol. The molecular formula is C22H19ClN2O5S. The maximum Gasteiger partial charge on any atom is 0.261 e. The van der Waals surface area contributed by atoms with Gasteiger partial charge in [0.2, 0.25) is 0 Å². The van der Waals surface area contributed by atoms with Gasteiger partial charge in [0, 0.05) is 17.1 Å². The van der Waals surface area contributed by atoms with Crippen LogP contribution < -0.4 is 19.5 Å². The van der Waals surface area contributed by atoms with Crippen LogP contribution in [0.3, 0.4) is 0 Å². The molecule has 4 rings (SSSR count). The summed E-state index contributed by atoms with van der Waals surface area (Å²) in [5, 5.41) is 3.20. The minimum Gasteiger partial charge on any atom is -0.486 e. The van der Waals surface area contributed by atoms with Crippen molar-refractivity contribution in [2.45, 2.75) is 11.4 Å². The second kappa shape index (κ2) is 8.87. The predicted molar refractivity (Wildman–Crippen MR) is 117 cm³/mol. The maximum absolute atomic E-state index is 12.7. The lowest BCUT2D eigenvalue weighted by Gasteiger charge is -2.19. The van der Waals surface area contributed by atoms with Gasteiger partial charge in [-0.15, -0.1) is 0 Å². The average Bonchev–Trinajstić information content (AvgIpc) is 2.77. The number of nitrogens with one attached hydrogen (secondary N) is 2. The summed E-state index contributed by atoms with van der Waals surface area (Å²) in [6, 6.07) is 17.6. The molecule has 7 nitrogen and oxygen atoms in total. The van der Waals surface area contributed by atoms with E-state index in [-0.39, 0.29) is 17.0 Å². The Balaban J connectivity index is 1.45. The van der Waals surface area contributed by atoms with Gasteiger partial charge in [-0.25, -0.2) is 8.42 Å². The Labute approximate surface area is 185 Å². The first-order chi connectivity index (χ1) is 14.9. The smallest absolute Gasteiger partial charge is 0.261 e. The number of sulfonamides is 1. The van der Waals surface area contributed by atoms with Gasteiger partial charge < -0.3 is 14.8 Å². The Morgan fingerprint density at radius 1 is 0.935 bits per heavy atom. The fourth-order valence-electron chi connectivity index (χ4n) is 3.05. The molecule has 0 aromatic heterocycles. The van der Waals surface area contributed by atoms with Crippen molar-refractivity contribution in [3.8, 4) is 11.5 Å². The number of carbonyl (C=O) groups excluding carboxylic acids is 1. The molecule has 3 aromatic carbocycles. The van der Waals surface area contributed by atoms with Crippen LogP contribution in [-0.4, -0.2) is 27.5 Å². The van der Waals surface area contributed by atoms with Crippen LogP contribution in [0.4, 0.5) is 5.69 Å². The quantitative estimate of drug-likeness (QED) is 0.585. The topological polar surface area (TPSA) is 93.7 Å². The number of rotatable bonds is 6. The van der Waals surface area contributed by atoms with E-state index in [2.05, 4.69) is 10.0 Å². The molecule has 0 saturated heterocycles.